The highest BCUT2D eigenvalue weighted by Crippen LogP contribution is 2.28. The van der Waals surface area contributed by atoms with Crippen LogP contribution in [0.2, 0.25) is 0 Å². The zero-order valence-electron chi connectivity index (χ0n) is 9.71. The summed E-state index contributed by atoms with van der Waals surface area (Å²) in [6, 6.07) is 9.54. The Balaban J connectivity index is 2.17. The molecule has 0 fully saturated rings. The number of ether oxygens (including phenoxy) is 1. The minimum absolute atomic E-state index is 0.670. The number of thiophene rings is 1. The molecular weight excluding hydrogens is 234 g/mol. The number of anilines is 1. The van der Waals surface area contributed by atoms with Crippen LogP contribution in [0.25, 0.3) is 0 Å². The number of nitrogens with zero attached hydrogens (tertiary/aromatic N) is 1. The Morgan fingerprint density at radius 3 is 2.71 bits per heavy atom. The van der Waals surface area contributed by atoms with E-state index in [-0.39, 0.29) is 0 Å². The van der Waals surface area contributed by atoms with E-state index in [9.17, 15) is 4.79 Å². The molecule has 17 heavy (non-hydrogen) atoms. The van der Waals surface area contributed by atoms with E-state index in [0.717, 1.165) is 17.7 Å². The third-order valence-corrected chi connectivity index (χ3v) is 3.12. The molecule has 0 amide bonds. The van der Waals surface area contributed by atoms with Crippen molar-refractivity contribution in [3.05, 3.63) is 40.6 Å². The summed E-state index contributed by atoms with van der Waals surface area (Å²) in [6.45, 7) is 0. The molecule has 0 unspecified atom stereocenters. The van der Waals surface area contributed by atoms with Crippen molar-refractivity contribution in [2.75, 3.05) is 19.0 Å². The summed E-state index contributed by atoms with van der Waals surface area (Å²) >= 11 is 1.38. The van der Waals surface area contributed by atoms with Gasteiger partial charge in [0.2, 0.25) is 0 Å². The quantitative estimate of drug-likeness (QED) is 0.775. The average Bonchev–Trinajstić information content (AvgIpc) is 2.77. The van der Waals surface area contributed by atoms with Crippen LogP contribution in [-0.2, 0) is 0 Å². The van der Waals surface area contributed by atoms with Crippen molar-refractivity contribution in [2.45, 2.75) is 0 Å². The lowest BCUT2D eigenvalue weighted by Crippen LogP contribution is -2.08. The van der Waals surface area contributed by atoms with Gasteiger partial charge in [-0.15, -0.1) is 11.3 Å². The number of benzene rings is 1. The highest BCUT2D eigenvalue weighted by Gasteiger charge is 2.03. The number of carbonyl (C=O) groups is 1. The Kier molecular flexibility index (Phi) is 3.44. The minimum atomic E-state index is 0.670. The number of hydrogen-bond donors (Lipinski definition) is 0. The van der Waals surface area contributed by atoms with E-state index >= 15 is 0 Å². The van der Waals surface area contributed by atoms with E-state index in [1.54, 1.807) is 6.07 Å². The summed E-state index contributed by atoms with van der Waals surface area (Å²) in [5, 5.41) is 1.83. The lowest BCUT2D eigenvalue weighted by atomic mass is 10.3. The minimum Gasteiger partial charge on any atom is -0.456 e. The summed E-state index contributed by atoms with van der Waals surface area (Å²) in [7, 11) is 3.96. The molecule has 0 radical (unpaired) electrons. The molecular formula is C13H13NO2S. The second-order valence-corrected chi connectivity index (χ2v) is 4.74. The summed E-state index contributed by atoms with van der Waals surface area (Å²) in [5.41, 5.74) is 1.08. The van der Waals surface area contributed by atoms with Crippen molar-refractivity contribution in [2.24, 2.45) is 0 Å². The Morgan fingerprint density at radius 1 is 1.24 bits per heavy atom. The van der Waals surface area contributed by atoms with Crippen LogP contribution in [0.5, 0.6) is 11.5 Å². The van der Waals surface area contributed by atoms with Crippen molar-refractivity contribution in [3.8, 4) is 11.5 Å². The summed E-state index contributed by atoms with van der Waals surface area (Å²) < 4.78 is 5.68. The van der Waals surface area contributed by atoms with E-state index < -0.39 is 0 Å². The van der Waals surface area contributed by atoms with Gasteiger partial charge in [-0.25, -0.2) is 0 Å². The monoisotopic (exact) mass is 247 g/mol. The number of rotatable bonds is 4. The molecule has 2 aromatic rings. The van der Waals surface area contributed by atoms with Gasteiger partial charge in [-0.2, -0.15) is 0 Å². The fourth-order valence-corrected chi connectivity index (χ4v) is 2.02. The molecule has 0 aliphatic carbocycles. The molecule has 0 spiro atoms. The van der Waals surface area contributed by atoms with Gasteiger partial charge < -0.3 is 9.64 Å². The predicted molar refractivity (Wildman–Crippen MR) is 70.5 cm³/mol. The third kappa shape index (κ3) is 2.85. The first-order valence-corrected chi connectivity index (χ1v) is 6.06. The van der Waals surface area contributed by atoms with E-state index in [4.69, 9.17) is 4.74 Å². The summed E-state index contributed by atoms with van der Waals surface area (Å²) in [4.78, 5) is 13.2. The van der Waals surface area contributed by atoms with Crippen LogP contribution in [0.4, 0.5) is 5.69 Å². The lowest BCUT2D eigenvalue weighted by molar-refractivity contribution is 0.112. The first-order chi connectivity index (χ1) is 8.19. The molecule has 1 aromatic carbocycles. The lowest BCUT2D eigenvalue weighted by Gasteiger charge is -2.13. The second-order valence-electron chi connectivity index (χ2n) is 3.80. The molecule has 0 saturated carbocycles. The topological polar surface area (TPSA) is 29.5 Å². The van der Waals surface area contributed by atoms with Crippen molar-refractivity contribution < 1.29 is 9.53 Å². The fraction of sp³-hybridized carbons (Fsp3) is 0.154. The fourth-order valence-electron chi connectivity index (χ4n) is 1.41. The third-order valence-electron chi connectivity index (χ3n) is 2.28. The zero-order chi connectivity index (χ0) is 12.3. The molecule has 0 N–H and O–H groups in total. The van der Waals surface area contributed by atoms with Crippen LogP contribution >= 0.6 is 11.3 Å². The van der Waals surface area contributed by atoms with Gasteiger partial charge in [-0.1, -0.05) is 6.07 Å². The Labute approximate surface area is 104 Å². The average molecular weight is 247 g/mol. The molecule has 0 aliphatic rings. The summed E-state index contributed by atoms with van der Waals surface area (Å²) in [5.74, 6) is 1.47. The van der Waals surface area contributed by atoms with Crippen molar-refractivity contribution in [1.82, 2.24) is 0 Å². The molecule has 4 heteroatoms. The van der Waals surface area contributed by atoms with E-state index in [2.05, 4.69) is 0 Å². The van der Waals surface area contributed by atoms with Crippen molar-refractivity contribution in [1.29, 1.82) is 0 Å². The smallest absolute Gasteiger partial charge is 0.160 e. The van der Waals surface area contributed by atoms with Gasteiger partial charge in [0.15, 0.2) is 6.29 Å². The van der Waals surface area contributed by atoms with Crippen LogP contribution in [0.15, 0.2) is 35.7 Å². The maximum absolute atomic E-state index is 10.6. The number of aldehydes is 1. The molecule has 88 valence electrons. The SMILES string of the molecule is CN(C)c1cccc(Oc2csc(C=O)c2)c1. The van der Waals surface area contributed by atoms with Gasteiger partial charge in [0.1, 0.15) is 11.5 Å². The van der Waals surface area contributed by atoms with Crippen LogP contribution in [0.1, 0.15) is 9.67 Å². The molecule has 0 bridgehead atoms. The zero-order valence-corrected chi connectivity index (χ0v) is 10.5. The maximum Gasteiger partial charge on any atom is 0.160 e. The van der Waals surface area contributed by atoms with Gasteiger partial charge >= 0.3 is 0 Å². The van der Waals surface area contributed by atoms with Gasteiger partial charge in [0.05, 0.1) is 4.88 Å². The molecule has 0 saturated heterocycles. The van der Waals surface area contributed by atoms with Crippen molar-refractivity contribution in [3.63, 3.8) is 0 Å². The molecule has 2 rings (SSSR count). The predicted octanol–water partition coefficient (Wildman–Crippen LogP) is 3.42. The second kappa shape index (κ2) is 5.01. The number of carbonyl (C=O) groups excluding carboxylic acids is 1. The van der Waals surface area contributed by atoms with E-state index in [1.165, 1.54) is 11.3 Å². The molecule has 1 aromatic heterocycles. The van der Waals surface area contributed by atoms with Crippen molar-refractivity contribution >= 4 is 23.3 Å². The highest BCUT2D eigenvalue weighted by atomic mass is 32.1. The van der Waals surface area contributed by atoms with E-state index in [1.807, 2.05) is 48.6 Å². The first-order valence-electron chi connectivity index (χ1n) is 5.18. The highest BCUT2D eigenvalue weighted by molar-refractivity contribution is 7.11. The molecule has 3 nitrogen and oxygen atoms in total. The first kappa shape index (κ1) is 11.7. The van der Waals surface area contributed by atoms with Gasteiger partial charge in [0.25, 0.3) is 0 Å². The van der Waals surface area contributed by atoms with Gasteiger partial charge in [-0.05, 0) is 12.1 Å². The Hall–Kier alpha value is -1.81. The van der Waals surface area contributed by atoms with Gasteiger partial charge in [-0.3, -0.25) is 4.79 Å². The van der Waals surface area contributed by atoms with Crippen LogP contribution in [0, 0.1) is 0 Å². The largest absolute Gasteiger partial charge is 0.456 e. The van der Waals surface area contributed by atoms with E-state index in [0.29, 0.717) is 10.6 Å². The Morgan fingerprint density at radius 2 is 2.06 bits per heavy atom. The molecule has 0 aliphatic heterocycles. The molecule has 1 heterocycles. The van der Waals surface area contributed by atoms with Crippen LogP contribution in [-0.4, -0.2) is 20.4 Å². The van der Waals surface area contributed by atoms with Crippen LogP contribution in [0.3, 0.4) is 0 Å². The van der Waals surface area contributed by atoms with Crippen LogP contribution < -0.4 is 9.64 Å². The Bertz CT molecular complexity index is 520. The van der Waals surface area contributed by atoms with Gasteiger partial charge in [0, 0.05) is 37.3 Å². The number of hydrogen-bond acceptors (Lipinski definition) is 4. The summed E-state index contributed by atoms with van der Waals surface area (Å²) in [6.07, 6.45) is 0.827. The maximum atomic E-state index is 10.6. The molecule has 0 atom stereocenters. The normalized spacial score (nSPS) is 10.0. The standard InChI is InChI=1S/C13H13NO2S/c1-14(2)10-4-3-5-11(6-10)16-12-7-13(8-15)17-9-12/h3-9H,1-2H3.